The van der Waals surface area contributed by atoms with Gasteiger partial charge in [-0.25, -0.2) is 0 Å². The molecule has 1 aliphatic heterocycles. The van der Waals surface area contributed by atoms with Crippen LogP contribution in [0.2, 0.25) is 0 Å². The van der Waals surface area contributed by atoms with Crippen LogP contribution in [-0.4, -0.2) is 35.3 Å². The van der Waals surface area contributed by atoms with E-state index in [9.17, 15) is 4.79 Å². The molecule has 0 aliphatic carbocycles. The molecule has 1 aromatic heterocycles. The predicted molar refractivity (Wildman–Crippen MR) is 74.8 cm³/mol. The summed E-state index contributed by atoms with van der Waals surface area (Å²) in [6, 6.07) is 0. The molecule has 1 amide bonds. The van der Waals surface area contributed by atoms with Crippen LogP contribution in [0.25, 0.3) is 0 Å². The van der Waals surface area contributed by atoms with Gasteiger partial charge in [0.1, 0.15) is 0 Å². The Bertz CT molecular complexity index is 421. The molecule has 0 saturated carbocycles. The minimum Gasteiger partial charge on any atom is -0.354 e. The van der Waals surface area contributed by atoms with Crippen LogP contribution in [-0.2, 0) is 11.3 Å². The number of piperidine rings is 1. The highest BCUT2D eigenvalue weighted by Crippen LogP contribution is 2.30. The van der Waals surface area contributed by atoms with Crippen LogP contribution in [0.15, 0.2) is 12.4 Å². The number of amides is 1. The normalized spacial score (nSPS) is 23.3. The summed E-state index contributed by atoms with van der Waals surface area (Å²) >= 11 is 0. The molecule has 0 radical (unpaired) electrons. The monoisotopic (exact) mass is 264 g/mol. The number of hydrogen-bond donors (Lipinski definition) is 2. The van der Waals surface area contributed by atoms with E-state index < -0.39 is 0 Å². The summed E-state index contributed by atoms with van der Waals surface area (Å²) in [6.07, 6.45) is 6.79. The summed E-state index contributed by atoms with van der Waals surface area (Å²) in [5.74, 6) is 0.186. The number of carbonyl (C=O) groups excluding carboxylic acids is 1. The molecule has 2 rings (SSSR count). The van der Waals surface area contributed by atoms with Crippen LogP contribution in [0.3, 0.4) is 0 Å². The Morgan fingerprint density at radius 1 is 1.63 bits per heavy atom. The van der Waals surface area contributed by atoms with Gasteiger partial charge in [-0.2, -0.15) is 5.10 Å². The van der Waals surface area contributed by atoms with Gasteiger partial charge in [0.05, 0.1) is 18.2 Å². The second-order valence-corrected chi connectivity index (χ2v) is 5.45. The topological polar surface area (TPSA) is 59.0 Å². The number of rotatable bonds is 5. The fraction of sp³-hybridized carbons (Fsp3) is 0.714. The highest BCUT2D eigenvalue weighted by atomic mass is 16.2. The maximum atomic E-state index is 12.4. The highest BCUT2D eigenvalue weighted by molar-refractivity contribution is 5.82. The van der Waals surface area contributed by atoms with E-state index in [1.807, 2.05) is 24.0 Å². The summed E-state index contributed by atoms with van der Waals surface area (Å²) in [5.41, 5.74) is 0.936. The average molecular weight is 264 g/mol. The Hall–Kier alpha value is -1.36. The maximum Gasteiger partial charge on any atom is 0.227 e. The lowest BCUT2D eigenvalue weighted by Gasteiger charge is -2.35. The van der Waals surface area contributed by atoms with Crippen molar-refractivity contribution in [2.75, 3.05) is 19.6 Å². The summed E-state index contributed by atoms with van der Waals surface area (Å²) in [7, 11) is 0. The van der Waals surface area contributed by atoms with E-state index in [0.717, 1.165) is 44.5 Å². The molecule has 2 heterocycles. The zero-order valence-electron chi connectivity index (χ0n) is 11.9. The average Bonchev–Trinajstić information content (AvgIpc) is 2.85. The van der Waals surface area contributed by atoms with Gasteiger partial charge in [0.25, 0.3) is 0 Å². The van der Waals surface area contributed by atoms with Crippen molar-refractivity contribution in [1.29, 1.82) is 0 Å². The Kier molecular flexibility index (Phi) is 4.58. The number of carbonyl (C=O) groups is 1. The van der Waals surface area contributed by atoms with Gasteiger partial charge in [-0.3, -0.25) is 9.48 Å². The van der Waals surface area contributed by atoms with Crippen LogP contribution < -0.4 is 10.6 Å². The molecule has 1 atom stereocenters. The zero-order valence-corrected chi connectivity index (χ0v) is 11.9. The van der Waals surface area contributed by atoms with E-state index in [4.69, 9.17) is 0 Å². The number of nitrogens with one attached hydrogen (secondary N) is 2. The van der Waals surface area contributed by atoms with Gasteiger partial charge < -0.3 is 10.6 Å². The van der Waals surface area contributed by atoms with Gasteiger partial charge in [0, 0.05) is 19.3 Å². The van der Waals surface area contributed by atoms with Crippen LogP contribution in [0, 0.1) is 12.3 Å². The van der Waals surface area contributed by atoms with Gasteiger partial charge in [-0.05, 0) is 38.3 Å². The quantitative estimate of drug-likeness (QED) is 0.837. The van der Waals surface area contributed by atoms with Crippen LogP contribution in [0.5, 0.6) is 0 Å². The van der Waals surface area contributed by atoms with Crippen molar-refractivity contribution >= 4 is 5.91 Å². The number of aromatic nitrogens is 2. The molecule has 1 unspecified atom stereocenters. The third-order valence-electron chi connectivity index (χ3n) is 4.02. The van der Waals surface area contributed by atoms with E-state index in [-0.39, 0.29) is 11.3 Å². The van der Waals surface area contributed by atoms with Gasteiger partial charge >= 0.3 is 0 Å². The van der Waals surface area contributed by atoms with E-state index >= 15 is 0 Å². The molecule has 1 fully saturated rings. The first-order chi connectivity index (χ1) is 9.16. The fourth-order valence-electron chi connectivity index (χ4n) is 2.68. The summed E-state index contributed by atoms with van der Waals surface area (Å²) in [5, 5.41) is 10.6. The van der Waals surface area contributed by atoms with Crippen molar-refractivity contribution in [3.63, 3.8) is 0 Å². The Balaban J connectivity index is 1.82. The first-order valence-electron chi connectivity index (χ1n) is 7.14. The summed E-state index contributed by atoms with van der Waals surface area (Å²) in [6.45, 7) is 7.32. The van der Waals surface area contributed by atoms with Crippen molar-refractivity contribution in [3.8, 4) is 0 Å². The Morgan fingerprint density at radius 2 is 2.47 bits per heavy atom. The number of hydrogen-bond acceptors (Lipinski definition) is 3. The number of aryl methyl sites for hydroxylation is 1. The molecule has 5 heteroatoms. The van der Waals surface area contributed by atoms with Crippen molar-refractivity contribution in [2.24, 2.45) is 5.41 Å². The molecule has 1 aliphatic rings. The molecule has 2 N–H and O–H groups in total. The molecule has 19 heavy (non-hydrogen) atoms. The molecule has 0 bridgehead atoms. The SMILES string of the molecule is CCC1(C(=O)NCCn2cc(C)cn2)CCCNC1. The molecule has 5 nitrogen and oxygen atoms in total. The third kappa shape index (κ3) is 3.35. The largest absolute Gasteiger partial charge is 0.354 e. The lowest BCUT2D eigenvalue weighted by molar-refractivity contribution is -0.132. The van der Waals surface area contributed by atoms with Crippen molar-refractivity contribution in [3.05, 3.63) is 18.0 Å². The van der Waals surface area contributed by atoms with Crippen LogP contribution >= 0.6 is 0 Å². The molecule has 0 spiro atoms. The minimum atomic E-state index is -0.210. The smallest absolute Gasteiger partial charge is 0.227 e. The Morgan fingerprint density at radius 3 is 3.05 bits per heavy atom. The highest BCUT2D eigenvalue weighted by Gasteiger charge is 2.37. The van der Waals surface area contributed by atoms with Gasteiger partial charge in [-0.1, -0.05) is 6.92 Å². The van der Waals surface area contributed by atoms with Crippen molar-refractivity contribution < 1.29 is 4.79 Å². The summed E-state index contributed by atoms with van der Waals surface area (Å²) in [4.78, 5) is 12.4. The lowest BCUT2D eigenvalue weighted by Crippen LogP contribution is -2.50. The Labute approximate surface area is 114 Å². The fourth-order valence-corrected chi connectivity index (χ4v) is 2.68. The minimum absolute atomic E-state index is 0.186. The second kappa shape index (κ2) is 6.19. The molecule has 106 valence electrons. The zero-order chi connectivity index (χ0) is 13.7. The van der Waals surface area contributed by atoms with Gasteiger partial charge in [0.15, 0.2) is 0 Å². The van der Waals surface area contributed by atoms with E-state index in [0.29, 0.717) is 6.54 Å². The van der Waals surface area contributed by atoms with Crippen molar-refractivity contribution in [1.82, 2.24) is 20.4 Å². The first kappa shape index (κ1) is 14.1. The van der Waals surface area contributed by atoms with E-state index in [1.165, 1.54) is 0 Å². The van der Waals surface area contributed by atoms with Crippen LogP contribution in [0.1, 0.15) is 31.7 Å². The van der Waals surface area contributed by atoms with Gasteiger partial charge in [0.2, 0.25) is 5.91 Å². The van der Waals surface area contributed by atoms with Crippen LogP contribution in [0.4, 0.5) is 0 Å². The van der Waals surface area contributed by atoms with Gasteiger partial charge in [-0.15, -0.1) is 0 Å². The number of nitrogens with zero attached hydrogens (tertiary/aromatic N) is 2. The molecule has 1 aromatic rings. The van der Waals surface area contributed by atoms with E-state index in [2.05, 4.69) is 22.7 Å². The molecule has 1 saturated heterocycles. The van der Waals surface area contributed by atoms with E-state index in [1.54, 1.807) is 0 Å². The first-order valence-corrected chi connectivity index (χ1v) is 7.14. The molecular weight excluding hydrogens is 240 g/mol. The standard InChI is InChI=1S/C14H24N4O/c1-3-14(5-4-6-15-11-14)13(19)16-7-8-18-10-12(2)9-17-18/h9-10,15H,3-8,11H2,1-2H3,(H,16,19). The predicted octanol–water partition coefficient (Wildman–Crippen LogP) is 1.09. The molecular formula is C14H24N4O. The molecule has 0 aromatic carbocycles. The third-order valence-corrected chi connectivity index (χ3v) is 4.02. The summed E-state index contributed by atoms with van der Waals surface area (Å²) < 4.78 is 1.87. The second-order valence-electron chi connectivity index (χ2n) is 5.45. The maximum absolute atomic E-state index is 12.4. The van der Waals surface area contributed by atoms with Crippen molar-refractivity contribution in [2.45, 2.75) is 39.7 Å². The lowest BCUT2D eigenvalue weighted by atomic mass is 9.77.